The maximum atomic E-state index is 9.56. The Morgan fingerprint density at radius 2 is 1.47 bits per heavy atom. The van der Waals surface area contributed by atoms with Crippen molar-refractivity contribution >= 4 is 10.1 Å². The molecule has 0 atom stereocenters. The van der Waals surface area contributed by atoms with E-state index in [1.165, 1.54) is 6.92 Å². The minimum Gasteiger partial charge on any atom is -0.394 e. The Kier molecular flexibility index (Phi) is 13.4. The Bertz CT molecular complexity index is 200. The minimum atomic E-state index is -3.66. The van der Waals surface area contributed by atoms with Crippen molar-refractivity contribution in [2.75, 3.05) is 32.2 Å². The summed E-state index contributed by atoms with van der Waals surface area (Å²) in [5.74, 6) is -0.201. The highest BCUT2D eigenvalue weighted by Crippen LogP contribution is 1.74. The van der Waals surface area contributed by atoms with E-state index in [0.717, 1.165) is 0 Å². The van der Waals surface area contributed by atoms with Crippen LogP contribution in [0.3, 0.4) is 0 Å². The van der Waals surface area contributed by atoms with Gasteiger partial charge in [-0.2, -0.15) is 8.42 Å². The average molecular weight is 247 g/mol. The highest BCUT2D eigenvalue weighted by molar-refractivity contribution is 7.85. The molecule has 4 N–H and O–H groups in total. The lowest BCUT2D eigenvalue weighted by Gasteiger charge is -2.01. The molecule has 0 heterocycles. The molecule has 0 bridgehead atoms. The zero-order chi connectivity index (χ0) is 12.2. The molecule has 0 radical (unpaired) electrons. The van der Waals surface area contributed by atoms with Gasteiger partial charge in [-0.3, -0.25) is 14.2 Å². The molecule has 0 fully saturated rings. The lowest BCUT2D eigenvalue weighted by molar-refractivity contribution is -0.178. The van der Waals surface area contributed by atoms with Gasteiger partial charge in [-0.1, -0.05) is 5.64 Å². The fourth-order valence-corrected chi connectivity index (χ4v) is 0.216. The molecular weight excluding hydrogens is 230 g/mol. The molecule has 0 saturated carbocycles. The first-order valence-corrected chi connectivity index (χ1v) is 5.74. The number of rotatable bonds is 7. The van der Waals surface area contributed by atoms with Crippen LogP contribution in [-0.2, 0) is 19.8 Å². The van der Waals surface area contributed by atoms with E-state index in [1.807, 2.05) is 0 Å². The van der Waals surface area contributed by atoms with Gasteiger partial charge in [0.05, 0.1) is 32.2 Å². The van der Waals surface area contributed by atoms with Crippen LogP contribution in [0.5, 0.6) is 0 Å². The van der Waals surface area contributed by atoms with Gasteiger partial charge in [0, 0.05) is 0 Å². The number of aliphatic hydroxyl groups excluding tert-OH is 2. The molecular formula is C6H17NO7S. The van der Waals surface area contributed by atoms with E-state index in [-0.39, 0.29) is 32.2 Å². The molecule has 0 aliphatic rings. The Labute approximate surface area is 88.5 Å². The van der Waals surface area contributed by atoms with Gasteiger partial charge in [-0.25, -0.2) is 0 Å². The van der Waals surface area contributed by atoms with Crippen LogP contribution in [0.2, 0.25) is 0 Å². The van der Waals surface area contributed by atoms with Gasteiger partial charge in [0.2, 0.25) is 0 Å². The zero-order valence-electron chi connectivity index (χ0n) is 8.42. The molecule has 0 aliphatic heterocycles. The van der Waals surface area contributed by atoms with E-state index in [4.69, 9.17) is 14.8 Å². The summed E-state index contributed by atoms with van der Waals surface area (Å²) in [5.41, 5.74) is 2.07. The van der Waals surface area contributed by atoms with Crippen molar-refractivity contribution in [2.45, 2.75) is 6.92 Å². The summed E-state index contributed by atoms with van der Waals surface area (Å²) in [6.45, 7) is 1.59. The first-order chi connectivity index (χ1) is 6.97. The lowest BCUT2D eigenvalue weighted by Crippen LogP contribution is -2.19. The minimum absolute atomic E-state index is 0.0600. The van der Waals surface area contributed by atoms with Crippen molar-refractivity contribution in [1.82, 2.24) is 5.64 Å². The van der Waals surface area contributed by atoms with Crippen LogP contribution in [0.4, 0.5) is 0 Å². The second kappa shape index (κ2) is 11.8. The van der Waals surface area contributed by atoms with E-state index >= 15 is 0 Å². The van der Waals surface area contributed by atoms with E-state index in [2.05, 4.69) is 15.3 Å². The topological polar surface area (TPSA) is 125 Å². The first kappa shape index (κ1) is 17.1. The van der Waals surface area contributed by atoms with Crippen molar-refractivity contribution in [1.29, 1.82) is 0 Å². The summed E-state index contributed by atoms with van der Waals surface area (Å²) in [6, 6.07) is 0. The van der Waals surface area contributed by atoms with E-state index < -0.39 is 10.1 Å². The van der Waals surface area contributed by atoms with Crippen LogP contribution in [0, 0.1) is 0 Å². The van der Waals surface area contributed by atoms with Crippen molar-refractivity contribution in [3.8, 4) is 0 Å². The summed E-state index contributed by atoms with van der Waals surface area (Å²) < 4.78 is 26.9. The SMILES string of the molecule is CCS(=O)(=O)O.OCCONOCCO. The molecule has 0 aromatic rings. The molecule has 0 aromatic heterocycles. The highest BCUT2D eigenvalue weighted by atomic mass is 32.2. The third-order valence-electron chi connectivity index (χ3n) is 0.869. The third-order valence-corrected chi connectivity index (χ3v) is 1.60. The molecule has 9 heteroatoms. The second-order valence-corrected chi connectivity index (χ2v) is 3.84. The molecule has 8 nitrogen and oxygen atoms in total. The van der Waals surface area contributed by atoms with Gasteiger partial charge in [-0.05, 0) is 6.92 Å². The van der Waals surface area contributed by atoms with Gasteiger partial charge in [-0.15, -0.1) is 0 Å². The first-order valence-electron chi connectivity index (χ1n) is 4.13. The van der Waals surface area contributed by atoms with Gasteiger partial charge in [0.15, 0.2) is 0 Å². The van der Waals surface area contributed by atoms with Gasteiger partial charge >= 0.3 is 0 Å². The Morgan fingerprint density at radius 1 is 1.13 bits per heavy atom. The quantitative estimate of drug-likeness (QED) is 0.239. The monoisotopic (exact) mass is 247 g/mol. The fraction of sp³-hybridized carbons (Fsp3) is 1.00. The van der Waals surface area contributed by atoms with E-state index in [0.29, 0.717) is 0 Å². The van der Waals surface area contributed by atoms with Crippen molar-refractivity contribution in [3.63, 3.8) is 0 Å². The van der Waals surface area contributed by atoms with E-state index in [1.54, 1.807) is 0 Å². The largest absolute Gasteiger partial charge is 0.394 e. The summed E-state index contributed by atoms with van der Waals surface area (Å²) in [6.07, 6.45) is 0. The maximum Gasteiger partial charge on any atom is 0.264 e. The zero-order valence-corrected chi connectivity index (χ0v) is 9.23. The maximum absolute atomic E-state index is 9.56. The van der Waals surface area contributed by atoms with Gasteiger partial charge in [0.25, 0.3) is 10.1 Å². The number of hydrogen-bond acceptors (Lipinski definition) is 7. The molecule has 0 saturated heterocycles. The standard InChI is InChI=1S/C4H11NO4.C2H6O3S/c6-1-3-8-5-9-4-2-7;1-2-6(3,4)5/h5-7H,1-4H2;2H2,1H3,(H,3,4,5). The summed E-state index contributed by atoms with van der Waals surface area (Å²) in [5, 5.41) is 16.3. The predicted octanol–water partition coefficient (Wildman–Crippen LogP) is -1.68. The molecule has 0 amide bonds. The van der Waals surface area contributed by atoms with Gasteiger partial charge < -0.3 is 10.2 Å². The van der Waals surface area contributed by atoms with Crippen LogP contribution >= 0.6 is 0 Å². The van der Waals surface area contributed by atoms with Crippen LogP contribution in [0.1, 0.15) is 6.92 Å². The number of aliphatic hydroxyl groups is 2. The average Bonchev–Trinajstić information content (AvgIpc) is 2.18. The fourth-order valence-electron chi connectivity index (χ4n) is 0.216. The Morgan fingerprint density at radius 3 is 1.67 bits per heavy atom. The normalized spacial score (nSPS) is 10.7. The summed E-state index contributed by atoms with van der Waals surface area (Å²) in [4.78, 5) is 8.90. The molecule has 0 aromatic carbocycles. The molecule has 0 rings (SSSR count). The number of nitrogens with one attached hydrogen (secondary N) is 1. The molecule has 94 valence electrons. The van der Waals surface area contributed by atoms with Crippen LogP contribution < -0.4 is 5.64 Å². The van der Waals surface area contributed by atoms with Crippen LogP contribution in [-0.4, -0.2) is 55.4 Å². The molecule has 0 unspecified atom stereocenters. The van der Waals surface area contributed by atoms with Crippen LogP contribution in [0.25, 0.3) is 0 Å². The predicted molar refractivity (Wildman–Crippen MR) is 51.3 cm³/mol. The summed E-state index contributed by atoms with van der Waals surface area (Å²) in [7, 11) is -3.66. The van der Waals surface area contributed by atoms with Crippen LogP contribution in [0.15, 0.2) is 0 Å². The smallest absolute Gasteiger partial charge is 0.264 e. The lowest BCUT2D eigenvalue weighted by atomic mass is 10.8. The van der Waals surface area contributed by atoms with Crippen molar-refractivity contribution in [3.05, 3.63) is 0 Å². The number of hydrogen-bond donors (Lipinski definition) is 4. The third kappa shape index (κ3) is 24.8. The summed E-state index contributed by atoms with van der Waals surface area (Å²) >= 11 is 0. The van der Waals surface area contributed by atoms with Crippen molar-refractivity contribution < 1.29 is 32.9 Å². The molecule has 0 aliphatic carbocycles. The Hall–Kier alpha value is -0.290. The molecule has 15 heavy (non-hydrogen) atoms. The highest BCUT2D eigenvalue weighted by Gasteiger charge is 1.93. The second-order valence-electron chi connectivity index (χ2n) is 2.10. The molecule has 0 spiro atoms. The van der Waals surface area contributed by atoms with Gasteiger partial charge in [0.1, 0.15) is 0 Å². The van der Waals surface area contributed by atoms with E-state index in [9.17, 15) is 8.42 Å². The van der Waals surface area contributed by atoms with Crippen molar-refractivity contribution in [2.24, 2.45) is 0 Å². The Balaban J connectivity index is 0.